The average molecular weight is 300 g/mol. The van der Waals surface area contributed by atoms with Crippen LogP contribution in [0.2, 0.25) is 0 Å². The normalized spacial score (nSPS) is 11.8. The summed E-state index contributed by atoms with van der Waals surface area (Å²) < 4.78 is 19.0. The van der Waals surface area contributed by atoms with Crippen molar-refractivity contribution in [3.8, 4) is 5.75 Å². The highest BCUT2D eigenvalue weighted by atomic mass is 19.1. The molecule has 0 amide bonds. The van der Waals surface area contributed by atoms with Crippen molar-refractivity contribution in [2.24, 2.45) is 0 Å². The van der Waals surface area contributed by atoms with Crippen molar-refractivity contribution in [2.75, 3.05) is 18.6 Å². The lowest BCUT2D eigenvalue weighted by Gasteiger charge is -2.29. The fourth-order valence-electron chi connectivity index (χ4n) is 1.90. The van der Waals surface area contributed by atoms with Crippen LogP contribution in [-0.4, -0.2) is 35.7 Å². The molecule has 1 atom stereocenters. The predicted molar refractivity (Wildman–Crippen MR) is 74.3 cm³/mol. The van der Waals surface area contributed by atoms with E-state index in [1.807, 2.05) is 6.92 Å². The fourth-order valence-corrected chi connectivity index (χ4v) is 1.90. The van der Waals surface area contributed by atoms with Gasteiger partial charge in [-0.15, -0.1) is 0 Å². The molecule has 8 heteroatoms. The Morgan fingerprint density at radius 1 is 1.57 bits per heavy atom. The van der Waals surface area contributed by atoms with Gasteiger partial charge < -0.3 is 14.7 Å². The molecule has 7 nitrogen and oxygen atoms in total. The number of methoxy groups -OCH3 is 1. The first-order valence-electron chi connectivity index (χ1n) is 6.32. The first-order valence-corrected chi connectivity index (χ1v) is 6.32. The van der Waals surface area contributed by atoms with Crippen LogP contribution in [0.5, 0.6) is 5.75 Å². The van der Waals surface area contributed by atoms with E-state index in [9.17, 15) is 19.3 Å². The second kappa shape index (κ2) is 6.87. The maximum atomic E-state index is 14.1. The fraction of sp³-hybridized carbons (Fsp3) is 0.462. The summed E-state index contributed by atoms with van der Waals surface area (Å²) in [5.41, 5.74) is -0.535. The summed E-state index contributed by atoms with van der Waals surface area (Å²) in [5.74, 6) is -2.09. The van der Waals surface area contributed by atoms with Gasteiger partial charge in [0.2, 0.25) is 0 Å². The van der Waals surface area contributed by atoms with Crippen LogP contribution in [0, 0.1) is 15.9 Å². The Labute approximate surface area is 121 Å². The lowest BCUT2D eigenvalue weighted by atomic mass is 10.1. The van der Waals surface area contributed by atoms with Crippen molar-refractivity contribution < 1.29 is 24.0 Å². The number of carboxylic acid groups (broad SMARTS) is 1. The quantitative estimate of drug-likeness (QED) is 0.614. The Kier molecular flexibility index (Phi) is 5.45. The van der Waals surface area contributed by atoms with Crippen LogP contribution in [0.25, 0.3) is 0 Å². The number of rotatable bonds is 7. The predicted octanol–water partition coefficient (Wildman–Crippen LogP) is 2.43. The number of ether oxygens (including phenoxy) is 1. The Balaban J connectivity index is 3.37. The lowest BCUT2D eigenvalue weighted by molar-refractivity contribution is -0.385. The summed E-state index contributed by atoms with van der Waals surface area (Å²) in [4.78, 5) is 22.4. The van der Waals surface area contributed by atoms with E-state index in [1.165, 1.54) is 12.0 Å². The largest absolute Gasteiger partial charge is 0.490 e. The van der Waals surface area contributed by atoms with Crippen LogP contribution in [0.1, 0.15) is 20.3 Å². The molecule has 21 heavy (non-hydrogen) atoms. The van der Waals surface area contributed by atoms with E-state index >= 15 is 0 Å². The summed E-state index contributed by atoms with van der Waals surface area (Å²) >= 11 is 0. The van der Waals surface area contributed by atoms with Gasteiger partial charge in [-0.3, -0.25) is 14.9 Å². The van der Waals surface area contributed by atoms with E-state index in [0.29, 0.717) is 6.42 Å². The number of nitro benzene ring substituents is 1. The monoisotopic (exact) mass is 300 g/mol. The molecular weight excluding hydrogens is 283 g/mol. The molecule has 0 aliphatic carbocycles. The maximum Gasteiger partial charge on any atom is 0.323 e. The van der Waals surface area contributed by atoms with Gasteiger partial charge in [0.05, 0.1) is 23.8 Å². The molecule has 116 valence electrons. The standard InChI is InChI=1S/C13H17FN2O5/c1-4-8(2)15(7-13(17)18)10-6-12(21-3)11(16(19)20)5-9(10)14/h5-6,8H,4,7H2,1-3H3,(H,17,18). The molecule has 1 rings (SSSR count). The van der Waals surface area contributed by atoms with Gasteiger partial charge in [0, 0.05) is 12.1 Å². The highest BCUT2D eigenvalue weighted by Gasteiger charge is 2.25. The molecule has 1 unspecified atom stereocenters. The highest BCUT2D eigenvalue weighted by Crippen LogP contribution is 2.35. The molecule has 0 saturated heterocycles. The SMILES string of the molecule is CCC(C)N(CC(=O)O)c1cc(OC)c([N+](=O)[O-])cc1F. The van der Waals surface area contributed by atoms with Crippen LogP contribution >= 0.6 is 0 Å². The molecule has 1 aromatic carbocycles. The molecule has 1 aromatic rings. The van der Waals surface area contributed by atoms with Crippen molar-refractivity contribution >= 4 is 17.3 Å². The number of carboxylic acids is 1. The Morgan fingerprint density at radius 3 is 2.62 bits per heavy atom. The topological polar surface area (TPSA) is 92.9 Å². The lowest BCUT2D eigenvalue weighted by Crippen LogP contribution is -2.37. The Hall–Kier alpha value is -2.38. The number of nitrogens with zero attached hydrogens (tertiary/aromatic N) is 2. The van der Waals surface area contributed by atoms with Gasteiger partial charge in [-0.2, -0.15) is 0 Å². The molecule has 0 aliphatic rings. The van der Waals surface area contributed by atoms with Gasteiger partial charge >= 0.3 is 11.7 Å². The van der Waals surface area contributed by atoms with Crippen LogP contribution in [0.15, 0.2) is 12.1 Å². The Bertz CT molecular complexity index is 550. The third-order valence-electron chi connectivity index (χ3n) is 3.18. The van der Waals surface area contributed by atoms with Crippen molar-refractivity contribution in [1.29, 1.82) is 0 Å². The first kappa shape index (κ1) is 16.7. The second-order valence-electron chi connectivity index (χ2n) is 4.51. The number of hydrogen-bond acceptors (Lipinski definition) is 5. The smallest absolute Gasteiger partial charge is 0.323 e. The number of aliphatic carboxylic acids is 1. The second-order valence-corrected chi connectivity index (χ2v) is 4.51. The van der Waals surface area contributed by atoms with Crippen molar-refractivity contribution in [3.63, 3.8) is 0 Å². The van der Waals surface area contributed by atoms with Crippen LogP contribution < -0.4 is 9.64 Å². The van der Waals surface area contributed by atoms with E-state index in [2.05, 4.69) is 0 Å². The number of benzene rings is 1. The van der Waals surface area contributed by atoms with Crippen molar-refractivity contribution in [2.45, 2.75) is 26.3 Å². The zero-order valence-corrected chi connectivity index (χ0v) is 12.0. The van der Waals surface area contributed by atoms with Gasteiger partial charge in [-0.05, 0) is 13.3 Å². The number of halogens is 1. The summed E-state index contributed by atoms with van der Waals surface area (Å²) in [6.45, 7) is 3.17. The highest BCUT2D eigenvalue weighted by molar-refractivity contribution is 5.75. The molecule has 1 N–H and O–H groups in total. The van der Waals surface area contributed by atoms with Crippen LogP contribution in [0.4, 0.5) is 15.8 Å². The minimum atomic E-state index is -1.12. The van der Waals surface area contributed by atoms with Crippen LogP contribution in [-0.2, 0) is 4.79 Å². The van der Waals surface area contributed by atoms with Gasteiger partial charge in [-0.25, -0.2) is 4.39 Å². The molecule has 0 aliphatic heterocycles. The summed E-state index contributed by atoms with van der Waals surface area (Å²) in [5, 5.41) is 19.8. The third-order valence-corrected chi connectivity index (χ3v) is 3.18. The molecule has 0 radical (unpaired) electrons. The summed E-state index contributed by atoms with van der Waals surface area (Å²) in [6.07, 6.45) is 0.589. The molecular formula is C13H17FN2O5. The molecule has 0 spiro atoms. The van der Waals surface area contributed by atoms with Gasteiger partial charge in [0.15, 0.2) is 11.6 Å². The van der Waals surface area contributed by atoms with E-state index in [1.54, 1.807) is 6.92 Å². The van der Waals surface area contributed by atoms with Crippen molar-refractivity contribution in [3.05, 3.63) is 28.1 Å². The van der Waals surface area contributed by atoms with Gasteiger partial charge in [0.1, 0.15) is 6.54 Å². The Morgan fingerprint density at radius 2 is 2.19 bits per heavy atom. The third kappa shape index (κ3) is 3.80. The summed E-state index contributed by atoms with van der Waals surface area (Å²) in [6, 6.07) is 1.65. The van der Waals surface area contributed by atoms with E-state index < -0.39 is 28.9 Å². The van der Waals surface area contributed by atoms with E-state index in [0.717, 1.165) is 12.1 Å². The minimum absolute atomic E-state index is 0.0331. The average Bonchev–Trinajstić information content (AvgIpc) is 2.43. The van der Waals surface area contributed by atoms with E-state index in [4.69, 9.17) is 9.84 Å². The zero-order valence-electron chi connectivity index (χ0n) is 12.0. The van der Waals surface area contributed by atoms with Gasteiger partial charge in [0.25, 0.3) is 0 Å². The number of carbonyl (C=O) groups is 1. The van der Waals surface area contributed by atoms with Crippen LogP contribution in [0.3, 0.4) is 0 Å². The van der Waals surface area contributed by atoms with E-state index in [-0.39, 0.29) is 17.5 Å². The summed E-state index contributed by atoms with van der Waals surface area (Å²) in [7, 11) is 1.23. The molecule has 0 heterocycles. The number of anilines is 1. The molecule has 0 bridgehead atoms. The first-order chi connectivity index (χ1) is 9.81. The zero-order chi connectivity index (χ0) is 16.2. The molecule has 0 fully saturated rings. The maximum absolute atomic E-state index is 14.1. The molecule has 0 aromatic heterocycles. The number of nitro groups is 1. The van der Waals surface area contributed by atoms with Gasteiger partial charge in [-0.1, -0.05) is 6.92 Å². The number of hydrogen-bond donors (Lipinski definition) is 1. The molecule has 0 saturated carbocycles. The van der Waals surface area contributed by atoms with Crippen molar-refractivity contribution in [1.82, 2.24) is 0 Å². The minimum Gasteiger partial charge on any atom is -0.490 e.